The molecule has 0 atom stereocenters. The van der Waals surface area contributed by atoms with E-state index in [9.17, 15) is 8.42 Å². The van der Waals surface area contributed by atoms with Gasteiger partial charge in [-0.2, -0.15) is 13.1 Å². The standard InChI is InChI=1S/C13H21N3O3S/c1-19-13-5-2-4-12(10-13)16(9-3-8-14)20(17,18)15-11-6-7-11/h2,4-5,10-11,15H,3,6-9,14H2,1H3. The molecule has 0 unspecified atom stereocenters. The number of hydrogen-bond donors (Lipinski definition) is 2. The Kier molecular flexibility index (Phi) is 4.85. The number of anilines is 1. The number of benzene rings is 1. The molecule has 0 bridgehead atoms. The number of ether oxygens (including phenoxy) is 1. The Morgan fingerprint density at radius 2 is 2.20 bits per heavy atom. The van der Waals surface area contributed by atoms with Crippen LogP contribution in [0.15, 0.2) is 24.3 Å². The monoisotopic (exact) mass is 299 g/mol. The fourth-order valence-corrected chi connectivity index (χ4v) is 3.41. The van der Waals surface area contributed by atoms with E-state index in [4.69, 9.17) is 10.5 Å². The highest BCUT2D eigenvalue weighted by molar-refractivity contribution is 7.90. The second-order valence-corrected chi connectivity index (χ2v) is 6.44. The van der Waals surface area contributed by atoms with Crippen LogP contribution in [0.1, 0.15) is 19.3 Å². The maximum absolute atomic E-state index is 12.4. The number of rotatable bonds is 8. The predicted molar refractivity (Wildman–Crippen MR) is 79.1 cm³/mol. The van der Waals surface area contributed by atoms with Crippen molar-refractivity contribution in [2.45, 2.75) is 25.3 Å². The van der Waals surface area contributed by atoms with Crippen molar-refractivity contribution < 1.29 is 13.2 Å². The first-order chi connectivity index (χ1) is 9.56. The molecule has 1 aliphatic carbocycles. The summed E-state index contributed by atoms with van der Waals surface area (Å²) < 4.78 is 34.0. The van der Waals surface area contributed by atoms with Gasteiger partial charge in [-0.25, -0.2) is 0 Å². The molecule has 0 saturated heterocycles. The van der Waals surface area contributed by atoms with Crippen molar-refractivity contribution in [1.29, 1.82) is 0 Å². The van der Waals surface area contributed by atoms with Crippen molar-refractivity contribution in [1.82, 2.24) is 4.72 Å². The van der Waals surface area contributed by atoms with Gasteiger partial charge < -0.3 is 10.5 Å². The van der Waals surface area contributed by atoms with Gasteiger partial charge in [-0.05, 0) is 37.9 Å². The molecule has 1 saturated carbocycles. The van der Waals surface area contributed by atoms with E-state index in [1.165, 1.54) is 4.31 Å². The topological polar surface area (TPSA) is 84.7 Å². The van der Waals surface area contributed by atoms with E-state index in [0.717, 1.165) is 12.8 Å². The maximum atomic E-state index is 12.4. The molecule has 0 amide bonds. The molecule has 7 heteroatoms. The normalized spacial score (nSPS) is 15.1. The van der Waals surface area contributed by atoms with Gasteiger partial charge in [-0.3, -0.25) is 4.31 Å². The molecule has 20 heavy (non-hydrogen) atoms. The molecule has 6 nitrogen and oxygen atoms in total. The minimum Gasteiger partial charge on any atom is -0.497 e. The first-order valence-corrected chi connectivity index (χ1v) is 8.15. The number of hydrogen-bond acceptors (Lipinski definition) is 4. The van der Waals surface area contributed by atoms with Crippen molar-refractivity contribution in [2.24, 2.45) is 5.73 Å². The lowest BCUT2D eigenvalue weighted by Gasteiger charge is -2.24. The van der Waals surface area contributed by atoms with Gasteiger partial charge in [0.25, 0.3) is 0 Å². The molecule has 0 spiro atoms. The van der Waals surface area contributed by atoms with Crippen LogP contribution in [0, 0.1) is 0 Å². The van der Waals surface area contributed by atoms with Crippen LogP contribution >= 0.6 is 0 Å². The molecule has 0 aliphatic heterocycles. The van der Waals surface area contributed by atoms with E-state index in [-0.39, 0.29) is 6.04 Å². The Morgan fingerprint density at radius 1 is 1.45 bits per heavy atom. The smallest absolute Gasteiger partial charge is 0.301 e. The summed E-state index contributed by atoms with van der Waals surface area (Å²) in [6, 6.07) is 7.10. The molecule has 0 radical (unpaired) electrons. The van der Waals surface area contributed by atoms with E-state index >= 15 is 0 Å². The Labute approximate surface area is 120 Å². The van der Waals surface area contributed by atoms with Crippen LogP contribution in [-0.4, -0.2) is 34.7 Å². The Bertz CT molecular complexity index is 544. The lowest BCUT2D eigenvalue weighted by atomic mass is 10.3. The number of nitrogens with one attached hydrogen (secondary N) is 1. The summed E-state index contributed by atoms with van der Waals surface area (Å²) in [7, 11) is -1.98. The summed E-state index contributed by atoms with van der Waals surface area (Å²) in [5.74, 6) is 0.627. The van der Waals surface area contributed by atoms with Crippen molar-refractivity contribution in [3.63, 3.8) is 0 Å². The number of methoxy groups -OCH3 is 1. The zero-order valence-electron chi connectivity index (χ0n) is 11.6. The van der Waals surface area contributed by atoms with Gasteiger partial charge in [0, 0.05) is 18.7 Å². The Hall–Kier alpha value is -1.31. The third-order valence-corrected chi connectivity index (χ3v) is 4.69. The number of nitrogens with two attached hydrogens (primary N) is 1. The third-order valence-electron chi connectivity index (χ3n) is 3.09. The maximum Gasteiger partial charge on any atom is 0.301 e. The van der Waals surface area contributed by atoms with Gasteiger partial charge in [0.05, 0.1) is 12.8 Å². The largest absolute Gasteiger partial charge is 0.497 e. The van der Waals surface area contributed by atoms with Gasteiger partial charge in [0.15, 0.2) is 0 Å². The molecule has 1 fully saturated rings. The van der Waals surface area contributed by atoms with Crippen LogP contribution in [-0.2, 0) is 10.2 Å². The third kappa shape index (κ3) is 3.84. The summed E-state index contributed by atoms with van der Waals surface area (Å²) >= 11 is 0. The van der Waals surface area contributed by atoms with Gasteiger partial charge in [-0.1, -0.05) is 6.07 Å². The van der Waals surface area contributed by atoms with Crippen molar-refractivity contribution in [3.05, 3.63) is 24.3 Å². The van der Waals surface area contributed by atoms with Crippen LogP contribution in [0.5, 0.6) is 5.75 Å². The molecule has 1 aromatic carbocycles. The second-order valence-electron chi connectivity index (χ2n) is 4.81. The van der Waals surface area contributed by atoms with Crippen LogP contribution in [0.2, 0.25) is 0 Å². The first-order valence-electron chi connectivity index (χ1n) is 6.71. The minimum atomic E-state index is -3.54. The zero-order chi connectivity index (χ0) is 14.6. The molecule has 1 aromatic rings. The quantitative estimate of drug-likeness (QED) is 0.745. The SMILES string of the molecule is COc1cccc(N(CCCN)S(=O)(=O)NC2CC2)c1. The van der Waals surface area contributed by atoms with E-state index in [2.05, 4.69) is 4.72 Å². The van der Waals surface area contributed by atoms with Crippen molar-refractivity contribution in [3.8, 4) is 5.75 Å². The first kappa shape index (κ1) is 15.1. The van der Waals surface area contributed by atoms with Crippen LogP contribution in [0.4, 0.5) is 5.69 Å². The lowest BCUT2D eigenvalue weighted by molar-refractivity contribution is 0.415. The van der Waals surface area contributed by atoms with Crippen LogP contribution in [0.25, 0.3) is 0 Å². The summed E-state index contributed by atoms with van der Waals surface area (Å²) in [6.07, 6.45) is 2.41. The lowest BCUT2D eigenvalue weighted by Crippen LogP contribution is -2.42. The van der Waals surface area contributed by atoms with Crippen LogP contribution < -0.4 is 19.5 Å². The Balaban J connectivity index is 2.25. The molecule has 0 aromatic heterocycles. The molecule has 1 aliphatic rings. The summed E-state index contributed by atoms with van der Waals surface area (Å²) in [5, 5.41) is 0. The van der Waals surface area contributed by atoms with E-state index in [1.807, 2.05) is 0 Å². The summed E-state index contributed by atoms with van der Waals surface area (Å²) in [6.45, 7) is 0.797. The van der Waals surface area contributed by atoms with E-state index < -0.39 is 10.2 Å². The molecule has 112 valence electrons. The second kappa shape index (κ2) is 6.43. The van der Waals surface area contributed by atoms with Gasteiger partial charge in [-0.15, -0.1) is 0 Å². The number of nitrogens with zero attached hydrogens (tertiary/aromatic N) is 1. The average molecular weight is 299 g/mol. The Morgan fingerprint density at radius 3 is 2.80 bits per heavy atom. The fourth-order valence-electron chi connectivity index (χ4n) is 1.86. The van der Waals surface area contributed by atoms with Gasteiger partial charge >= 0.3 is 10.2 Å². The summed E-state index contributed by atoms with van der Waals surface area (Å²) in [5.41, 5.74) is 6.09. The highest BCUT2D eigenvalue weighted by atomic mass is 32.2. The minimum absolute atomic E-state index is 0.0750. The van der Waals surface area contributed by atoms with E-state index in [1.54, 1.807) is 31.4 Å². The predicted octanol–water partition coefficient (Wildman–Crippen LogP) is 0.847. The highest BCUT2D eigenvalue weighted by Crippen LogP contribution is 2.26. The highest BCUT2D eigenvalue weighted by Gasteiger charge is 2.31. The summed E-state index contributed by atoms with van der Waals surface area (Å²) in [4.78, 5) is 0. The molecule has 2 rings (SSSR count). The van der Waals surface area contributed by atoms with Gasteiger partial charge in [0.1, 0.15) is 5.75 Å². The molecular formula is C13H21N3O3S. The molecular weight excluding hydrogens is 278 g/mol. The average Bonchev–Trinajstić information content (AvgIpc) is 3.22. The van der Waals surface area contributed by atoms with Crippen molar-refractivity contribution in [2.75, 3.05) is 24.5 Å². The van der Waals surface area contributed by atoms with Crippen LogP contribution in [0.3, 0.4) is 0 Å². The fraction of sp³-hybridized carbons (Fsp3) is 0.538. The van der Waals surface area contributed by atoms with E-state index in [0.29, 0.717) is 30.9 Å². The zero-order valence-corrected chi connectivity index (χ0v) is 12.4. The molecule has 3 N–H and O–H groups in total. The van der Waals surface area contributed by atoms with Crippen molar-refractivity contribution >= 4 is 15.9 Å². The van der Waals surface area contributed by atoms with Gasteiger partial charge in [0.2, 0.25) is 0 Å². The molecule has 0 heterocycles.